The van der Waals surface area contributed by atoms with Gasteiger partial charge in [-0.3, -0.25) is 10.1 Å². The number of ether oxygens (including phenoxy) is 1. The van der Waals surface area contributed by atoms with Crippen LogP contribution in [0.15, 0.2) is 12.1 Å². The van der Waals surface area contributed by atoms with Crippen LogP contribution < -0.4 is 10.6 Å². The highest BCUT2D eigenvalue weighted by Gasteiger charge is 2.18. The van der Waals surface area contributed by atoms with E-state index in [2.05, 4.69) is 15.6 Å². The molecule has 1 heterocycles. The summed E-state index contributed by atoms with van der Waals surface area (Å²) in [5.74, 6) is 0.884. The summed E-state index contributed by atoms with van der Waals surface area (Å²) in [7, 11) is 1.60. The van der Waals surface area contributed by atoms with Gasteiger partial charge in [0.05, 0.1) is 17.6 Å². The van der Waals surface area contributed by atoms with Crippen molar-refractivity contribution in [2.45, 2.75) is 26.3 Å². The monoisotopic (exact) mass is 268 g/mol. The van der Waals surface area contributed by atoms with E-state index in [-0.39, 0.29) is 17.5 Å². The molecule has 0 aliphatic rings. The Bertz CT molecular complexity index is 425. The minimum atomic E-state index is -0.440. The summed E-state index contributed by atoms with van der Waals surface area (Å²) in [6, 6.07) is 3.05. The lowest BCUT2D eigenvalue weighted by Gasteiger charge is -2.17. The summed E-state index contributed by atoms with van der Waals surface area (Å²) in [6.45, 7) is 5.10. The molecule has 7 heteroatoms. The van der Waals surface area contributed by atoms with Gasteiger partial charge in [-0.1, -0.05) is 6.92 Å². The molecule has 19 heavy (non-hydrogen) atoms. The van der Waals surface area contributed by atoms with E-state index in [9.17, 15) is 10.1 Å². The Morgan fingerprint density at radius 2 is 2.21 bits per heavy atom. The van der Waals surface area contributed by atoms with Crippen molar-refractivity contribution in [3.63, 3.8) is 0 Å². The maximum atomic E-state index is 11.0. The van der Waals surface area contributed by atoms with Crippen LogP contribution >= 0.6 is 0 Å². The van der Waals surface area contributed by atoms with E-state index < -0.39 is 4.92 Å². The zero-order valence-electron chi connectivity index (χ0n) is 11.5. The number of pyridine rings is 1. The molecule has 0 saturated carbocycles. The number of rotatable bonds is 8. The van der Waals surface area contributed by atoms with Crippen molar-refractivity contribution in [3.05, 3.63) is 22.2 Å². The van der Waals surface area contributed by atoms with Crippen LogP contribution in [0.25, 0.3) is 0 Å². The van der Waals surface area contributed by atoms with E-state index in [0.717, 1.165) is 6.42 Å². The van der Waals surface area contributed by atoms with Crippen LogP contribution in [0.3, 0.4) is 0 Å². The van der Waals surface area contributed by atoms with Crippen molar-refractivity contribution in [3.8, 4) is 0 Å². The van der Waals surface area contributed by atoms with E-state index in [1.54, 1.807) is 13.2 Å². The average Bonchev–Trinajstić information content (AvgIpc) is 2.38. The van der Waals surface area contributed by atoms with Gasteiger partial charge < -0.3 is 15.4 Å². The molecule has 0 aromatic carbocycles. The van der Waals surface area contributed by atoms with Gasteiger partial charge in [-0.05, 0) is 19.4 Å². The Morgan fingerprint density at radius 1 is 1.47 bits per heavy atom. The van der Waals surface area contributed by atoms with Gasteiger partial charge >= 0.3 is 5.69 Å². The molecule has 0 saturated heterocycles. The zero-order chi connectivity index (χ0) is 14.3. The highest BCUT2D eigenvalue weighted by Crippen LogP contribution is 2.25. The maximum absolute atomic E-state index is 11.0. The van der Waals surface area contributed by atoms with E-state index in [0.29, 0.717) is 19.0 Å². The first-order valence-electron chi connectivity index (χ1n) is 6.27. The molecule has 0 amide bonds. The first-order valence-corrected chi connectivity index (χ1v) is 6.27. The Kier molecular flexibility index (Phi) is 6.01. The smallest absolute Gasteiger partial charge is 0.311 e. The first kappa shape index (κ1) is 15.2. The van der Waals surface area contributed by atoms with Gasteiger partial charge in [-0.15, -0.1) is 0 Å². The summed E-state index contributed by atoms with van der Waals surface area (Å²) >= 11 is 0. The fourth-order valence-corrected chi connectivity index (χ4v) is 1.64. The largest absolute Gasteiger partial charge is 0.383 e. The van der Waals surface area contributed by atoms with E-state index >= 15 is 0 Å². The van der Waals surface area contributed by atoms with Gasteiger partial charge in [0, 0.05) is 19.7 Å². The van der Waals surface area contributed by atoms with Crippen molar-refractivity contribution in [1.29, 1.82) is 0 Å². The molecule has 1 unspecified atom stereocenters. The molecule has 0 aliphatic heterocycles. The SMILES string of the molecule is CCNc1ccc([N+](=O)[O-])c(NC(CC)COC)n1. The molecular weight excluding hydrogens is 248 g/mol. The van der Waals surface area contributed by atoms with Crippen LogP contribution in [0.2, 0.25) is 0 Å². The summed E-state index contributed by atoms with van der Waals surface area (Å²) in [5, 5.41) is 17.1. The van der Waals surface area contributed by atoms with Gasteiger partial charge in [-0.2, -0.15) is 0 Å². The molecule has 1 aromatic rings. The van der Waals surface area contributed by atoms with Crippen LogP contribution in [0, 0.1) is 10.1 Å². The number of anilines is 2. The highest BCUT2D eigenvalue weighted by molar-refractivity contribution is 5.60. The van der Waals surface area contributed by atoms with Crippen molar-refractivity contribution >= 4 is 17.3 Å². The third kappa shape index (κ3) is 4.36. The fraction of sp³-hybridized carbons (Fsp3) is 0.583. The minimum Gasteiger partial charge on any atom is -0.383 e. The number of nitrogens with zero attached hydrogens (tertiary/aromatic N) is 2. The lowest BCUT2D eigenvalue weighted by Crippen LogP contribution is -2.25. The van der Waals surface area contributed by atoms with Crippen LogP contribution in [-0.4, -0.2) is 36.2 Å². The van der Waals surface area contributed by atoms with Gasteiger partial charge in [-0.25, -0.2) is 4.98 Å². The Balaban J connectivity index is 2.99. The predicted octanol–water partition coefficient (Wildman–Crippen LogP) is 2.26. The topological polar surface area (TPSA) is 89.3 Å². The Hall–Kier alpha value is -1.89. The molecule has 0 bridgehead atoms. The summed E-state index contributed by atoms with van der Waals surface area (Å²) in [5.41, 5.74) is -0.0313. The normalized spacial score (nSPS) is 11.9. The molecular formula is C12H20N4O3. The molecule has 0 aliphatic carbocycles. The number of hydrogen-bond acceptors (Lipinski definition) is 6. The number of hydrogen-bond donors (Lipinski definition) is 2. The molecule has 0 radical (unpaired) electrons. The molecule has 1 atom stereocenters. The number of aromatic nitrogens is 1. The molecule has 0 spiro atoms. The standard InChI is InChI=1S/C12H20N4O3/c1-4-9(8-19-3)14-12-10(16(17)18)6-7-11(15-12)13-5-2/h6-7,9H,4-5,8H2,1-3H3,(H2,13,14,15). The van der Waals surface area contributed by atoms with E-state index in [4.69, 9.17) is 4.74 Å². The molecule has 1 rings (SSSR count). The average molecular weight is 268 g/mol. The van der Waals surface area contributed by atoms with Crippen molar-refractivity contribution < 1.29 is 9.66 Å². The van der Waals surface area contributed by atoms with Gasteiger partial charge in [0.1, 0.15) is 5.82 Å². The molecule has 1 aromatic heterocycles. The van der Waals surface area contributed by atoms with E-state index in [1.807, 2.05) is 13.8 Å². The lowest BCUT2D eigenvalue weighted by molar-refractivity contribution is -0.384. The second-order valence-corrected chi connectivity index (χ2v) is 4.06. The van der Waals surface area contributed by atoms with Crippen molar-refractivity contribution in [2.24, 2.45) is 0 Å². The Morgan fingerprint density at radius 3 is 2.74 bits per heavy atom. The predicted molar refractivity (Wildman–Crippen MR) is 74.6 cm³/mol. The van der Waals surface area contributed by atoms with Gasteiger partial charge in [0.2, 0.25) is 5.82 Å². The van der Waals surface area contributed by atoms with Gasteiger partial charge in [0.25, 0.3) is 0 Å². The maximum Gasteiger partial charge on any atom is 0.311 e. The zero-order valence-corrected chi connectivity index (χ0v) is 11.5. The van der Waals surface area contributed by atoms with E-state index in [1.165, 1.54) is 6.07 Å². The number of methoxy groups -OCH3 is 1. The van der Waals surface area contributed by atoms with Crippen molar-refractivity contribution in [2.75, 3.05) is 30.9 Å². The first-order chi connectivity index (χ1) is 9.12. The third-order valence-corrected chi connectivity index (χ3v) is 2.63. The molecule has 7 nitrogen and oxygen atoms in total. The van der Waals surface area contributed by atoms with Crippen LogP contribution in [-0.2, 0) is 4.74 Å². The van der Waals surface area contributed by atoms with Crippen LogP contribution in [0.1, 0.15) is 20.3 Å². The Labute approximate surface area is 112 Å². The summed E-state index contributed by atoms with van der Waals surface area (Å²) < 4.78 is 5.07. The second kappa shape index (κ2) is 7.52. The summed E-state index contributed by atoms with van der Waals surface area (Å²) in [4.78, 5) is 14.8. The van der Waals surface area contributed by atoms with Crippen LogP contribution in [0.5, 0.6) is 0 Å². The number of nitro groups is 1. The third-order valence-electron chi connectivity index (χ3n) is 2.63. The lowest BCUT2D eigenvalue weighted by atomic mass is 10.2. The van der Waals surface area contributed by atoms with Crippen molar-refractivity contribution in [1.82, 2.24) is 4.98 Å². The molecule has 106 valence electrons. The molecule has 2 N–H and O–H groups in total. The number of nitrogens with one attached hydrogen (secondary N) is 2. The fourth-order valence-electron chi connectivity index (χ4n) is 1.64. The van der Waals surface area contributed by atoms with Gasteiger partial charge in [0.15, 0.2) is 0 Å². The molecule has 0 fully saturated rings. The highest BCUT2D eigenvalue weighted by atomic mass is 16.6. The van der Waals surface area contributed by atoms with Crippen LogP contribution in [0.4, 0.5) is 17.3 Å². The summed E-state index contributed by atoms with van der Waals surface area (Å²) in [6.07, 6.45) is 0.790. The second-order valence-electron chi connectivity index (χ2n) is 4.06. The minimum absolute atomic E-state index is 0.00641. The quantitative estimate of drug-likeness (QED) is 0.555.